The Labute approximate surface area is 151 Å². The minimum absolute atomic E-state index is 0.178. The number of ether oxygens (including phenoxy) is 3. The monoisotopic (exact) mass is 353 g/mol. The highest BCUT2D eigenvalue weighted by atomic mass is 16.6. The molecule has 0 fully saturated rings. The maximum Gasteiger partial charge on any atom is 0.385 e. The van der Waals surface area contributed by atoms with E-state index in [1.807, 2.05) is 18.2 Å². The lowest BCUT2D eigenvalue weighted by Crippen LogP contribution is -2.28. The molecule has 0 amide bonds. The van der Waals surface area contributed by atoms with Crippen molar-refractivity contribution < 1.29 is 23.7 Å². The molecule has 1 heterocycles. The van der Waals surface area contributed by atoms with Crippen LogP contribution in [0.2, 0.25) is 0 Å². The summed E-state index contributed by atoms with van der Waals surface area (Å²) in [6.45, 7) is 3.67. The third-order valence-electron chi connectivity index (χ3n) is 3.74. The van der Waals surface area contributed by atoms with E-state index in [-0.39, 0.29) is 5.88 Å². The average molecular weight is 353 g/mol. The number of pyridine rings is 1. The van der Waals surface area contributed by atoms with Gasteiger partial charge in [-0.15, -0.1) is 4.73 Å². The summed E-state index contributed by atoms with van der Waals surface area (Å²) in [5.74, 6) is 0.751. The van der Waals surface area contributed by atoms with Gasteiger partial charge in [-0.2, -0.15) is 0 Å². The average Bonchev–Trinajstić information content (AvgIpc) is 2.66. The quantitative estimate of drug-likeness (QED) is 0.385. The molecule has 0 spiro atoms. The molecular formula is C20H19NO5. The molecular weight excluding hydrogens is 334 g/mol. The number of fused-ring (bicyclic) bond motifs is 1. The fraction of sp³-hybridized carbons (Fsp3) is 0.200. The third kappa shape index (κ3) is 3.85. The van der Waals surface area contributed by atoms with Crippen LogP contribution in [-0.2, 0) is 9.53 Å². The van der Waals surface area contributed by atoms with Crippen LogP contribution in [0, 0.1) is 5.21 Å². The first-order chi connectivity index (χ1) is 12.6. The van der Waals surface area contributed by atoms with Crippen LogP contribution in [0.5, 0.6) is 17.4 Å². The lowest BCUT2D eigenvalue weighted by molar-refractivity contribution is -0.583. The van der Waals surface area contributed by atoms with Crippen LogP contribution in [0.3, 0.4) is 0 Å². The topological polar surface area (TPSA) is 71.7 Å². The van der Waals surface area contributed by atoms with Crippen LogP contribution >= 0.6 is 0 Å². The molecule has 1 unspecified atom stereocenters. The standard InChI is InChI=1S/C20H19NO5/c1-3-24-20(22)14(2)25-16-9-11-17(12-10-16)26-19-13-8-15-6-4-5-7-18(15)21(19)23/h4-14H,3H2,1-2H3. The Morgan fingerprint density at radius 2 is 1.73 bits per heavy atom. The Morgan fingerprint density at radius 3 is 2.46 bits per heavy atom. The van der Waals surface area contributed by atoms with E-state index in [1.165, 1.54) is 0 Å². The van der Waals surface area contributed by atoms with E-state index in [4.69, 9.17) is 14.2 Å². The highest BCUT2D eigenvalue weighted by Gasteiger charge is 2.16. The molecule has 6 heteroatoms. The van der Waals surface area contributed by atoms with E-state index in [1.54, 1.807) is 56.3 Å². The lowest BCUT2D eigenvalue weighted by atomic mass is 10.2. The van der Waals surface area contributed by atoms with Gasteiger partial charge in [-0.1, -0.05) is 12.1 Å². The molecule has 134 valence electrons. The van der Waals surface area contributed by atoms with E-state index in [0.717, 1.165) is 10.1 Å². The fourth-order valence-electron chi connectivity index (χ4n) is 2.46. The number of carbonyl (C=O) groups excluding carboxylic acids is 1. The predicted octanol–water partition coefficient (Wildman–Crippen LogP) is 3.60. The molecule has 0 saturated heterocycles. The largest absolute Gasteiger partial charge is 0.616 e. The molecule has 26 heavy (non-hydrogen) atoms. The minimum atomic E-state index is -0.703. The van der Waals surface area contributed by atoms with E-state index in [9.17, 15) is 10.0 Å². The Morgan fingerprint density at radius 1 is 1.04 bits per heavy atom. The SMILES string of the molecule is CCOC(=O)C(C)Oc1ccc(Oc2ccc3ccccc3[n+]2[O-])cc1. The van der Waals surface area contributed by atoms with Gasteiger partial charge in [-0.3, -0.25) is 0 Å². The smallest absolute Gasteiger partial charge is 0.385 e. The molecule has 0 aliphatic heterocycles. The van der Waals surface area contributed by atoms with Crippen molar-refractivity contribution in [1.82, 2.24) is 0 Å². The number of para-hydroxylation sites is 1. The number of aromatic nitrogens is 1. The summed E-state index contributed by atoms with van der Waals surface area (Å²) in [5, 5.41) is 13.2. The molecule has 0 aliphatic rings. The maximum absolute atomic E-state index is 12.4. The second-order valence-electron chi connectivity index (χ2n) is 5.61. The number of esters is 1. The maximum atomic E-state index is 12.4. The second-order valence-corrected chi connectivity index (χ2v) is 5.61. The van der Waals surface area contributed by atoms with Gasteiger partial charge in [0.25, 0.3) is 0 Å². The first-order valence-electron chi connectivity index (χ1n) is 8.31. The van der Waals surface area contributed by atoms with Crippen LogP contribution < -0.4 is 14.2 Å². The van der Waals surface area contributed by atoms with Gasteiger partial charge in [0.05, 0.1) is 12.7 Å². The molecule has 0 aliphatic carbocycles. The summed E-state index contributed by atoms with van der Waals surface area (Å²) in [5.41, 5.74) is 0.535. The van der Waals surface area contributed by atoms with E-state index in [2.05, 4.69) is 0 Å². The van der Waals surface area contributed by atoms with Crippen molar-refractivity contribution in [1.29, 1.82) is 0 Å². The Bertz CT molecular complexity index is 908. The number of hydrogen-bond donors (Lipinski definition) is 0. The predicted molar refractivity (Wildman–Crippen MR) is 96.1 cm³/mol. The summed E-state index contributed by atoms with van der Waals surface area (Å²) >= 11 is 0. The number of nitrogens with zero attached hydrogens (tertiary/aromatic N) is 1. The van der Waals surface area contributed by atoms with E-state index in [0.29, 0.717) is 23.6 Å². The molecule has 0 N–H and O–H groups in total. The highest BCUT2D eigenvalue weighted by Crippen LogP contribution is 2.24. The fourth-order valence-corrected chi connectivity index (χ4v) is 2.46. The third-order valence-corrected chi connectivity index (χ3v) is 3.74. The van der Waals surface area contributed by atoms with E-state index >= 15 is 0 Å². The summed E-state index contributed by atoms with van der Waals surface area (Å²) in [6, 6.07) is 17.4. The molecule has 1 atom stereocenters. The van der Waals surface area contributed by atoms with Gasteiger partial charge in [0.2, 0.25) is 5.52 Å². The first kappa shape index (κ1) is 17.5. The number of carbonyl (C=O) groups is 1. The van der Waals surface area contributed by atoms with Gasteiger partial charge in [-0.05, 0) is 50.2 Å². The minimum Gasteiger partial charge on any atom is -0.616 e. The zero-order valence-electron chi connectivity index (χ0n) is 14.5. The molecule has 1 aromatic heterocycles. The second kappa shape index (κ2) is 7.74. The van der Waals surface area contributed by atoms with Crippen molar-refractivity contribution in [2.24, 2.45) is 0 Å². The van der Waals surface area contributed by atoms with Crippen LogP contribution in [0.1, 0.15) is 13.8 Å². The molecule has 3 aromatic rings. The van der Waals surface area contributed by atoms with Gasteiger partial charge in [0.15, 0.2) is 6.10 Å². The number of benzene rings is 2. The van der Waals surface area contributed by atoms with Crippen LogP contribution in [0.4, 0.5) is 0 Å². The zero-order chi connectivity index (χ0) is 18.5. The Kier molecular flexibility index (Phi) is 5.22. The van der Waals surface area contributed by atoms with Crippen molar-refractivity contribution in [3.8, 4) is 17.4 Å². The van der Waals surface area contributed by atoms with Crippen LogP contribution in [0.25, 0.3) is 10.9 Å². The van der Waals surface area contributed by atoms with E-state index < -0.39 is 12.1 Å². The van der Waals surface area contributed by atoms with Crippen molar-refractivity contribution in [2.45, 2.75) is 20.0 Å². The van der Waals surface area contributed by atoms with Crippen LogP contribution in [-0.4, -0.2) is 18.7 Å². The van der Waals surface area contributed by atoms with Gasteiger partial charge in [-0.25, -0.2) is 4.79 Å². The first-order valence-corrected chi connectivity index (χ1v) is 8.31. The van der Waals surface area contributed by atoms with Gasteiger partial charge < -0.3 is 19.4 Å². The molecule has 0 radical (unpaired) electrons. The van der Waals surface area contributed by atoms with Crippen molar-refractivity contribution in [3.63, 3.8) is 0 Å². The summed E-state index contributed by atoms with van der Waals surface area (Å²) in [6.07, 6.45) is -0.703. The van der Waals surface area contributed by atoms with Crippen molar-refractivity contribution in [3.05, 3.63) is 65.9 Å². The molecule has 0 saturated carbocycles. The summed E-state index contributed by atoms with van der Waals surface area (Å²) in [7, 11) is 0. The Hall–Kier alpha value is -3.28. The molecule has 3 rings (SSSR count). The summed E-state index contributed by atoms with van der Waals surface area (Å²) < 4.78 is 16.8. The Balaban J connectivity index is 1.72. The normalized spacial score (nSPS) is 11.8. The van der Waals surface area contributed by atoms with Gasteiger partial charge in [0, 0.05) is 11.5 Å². The number of rotatable bonds is 6. The summed E-state index contributed by atoms with van der Waals surface area (Å²) in [4.78, 5) is 11.6. The van der Waals surface area contributed by atoms with Crippen molar-refractivity contribution >= 4 is 16.9 Å². The molecule has 2 aromatic carbocycles. The molecule has 0 bridgehead atoms. The lowest BCUT2D eigenvalue weighted by Gasteiger charge is -2.13. The zero-order valence-corrected chi connectivity index (χ0v) is 14.5. The van der Waals surface area contributed by atoms with Crippen LogP contribution in [0.15, 0.2) is 60.7 Å². The van der Waals surface area contributed by atoms with Crippen molar-refractivity contribution in [2.75, 3.05) is 6.61 Å². The van der Waals surface area contributed by atoms with Gasteiger partial charge >= 0.3 is 11.8 Å². The number of hydrogen-bond acceptors (Lipinski definition) is 5. The molecule has 6 nitrogen and oxygen atoms in total. The van der Waals surface area contributed by atoms with Gasteiger partial charge in [0.1, 0.15) is 11.5 Å². The highest BCUT2D eigenvalue weighted by molar-refractivity contribution is 5.75.